The number of aliphatic hydroxyl groups is 1. The summed E-state index contributed by atoms with van der Waals surface area (Å²) < 4.78 is 6.16. The highest BCUT2D eigenvalue weighted by molar-refractivity contribution is 7.13. The first-order valence-corrected chi connectivity index (χ1v) is 9.09. The molecular weight excluding hydrogens is 324 g/mol. The number of aliphatic hydroxyl groups excluding tert-OH is 1. The second-order valence-electron chi connectivity index (χ2n) is 6.59. The molecule has 6 rings (SSSR count). The van der Waals surface area contributed by atoms with Gasteiger partial charge >= 0.3 is 0 Å². The van der Waals surface area contributed by atoms with E-state index in [-0.39, 0.29) is 0 Å². The maximum atomic E-state index is 10.1. The molecule has 124 valence electrons. The van der Waals surface area contributed by atoms with Gasteiger partial charge < -0.3 is 19.7 Å². The lowest BCUT2D eigenvalue weighted by atomic mass is 9.92. The summed E-state index contributed by atoms with van der Waals surface area (Å²) in [4.78, 5) is 11.3. The van der Waals surface area contributed by atoms with Crippen molar-refractivity contribution >= 4 is 28.5 Å². The van der Waals surface area contributed by atoms with Crippen molar-refractivity contribution in [2.24, 2.45) is 0 Å². The number of nitrogens with one attached hydrogen (secondary N) is 1. The van der Waals surface area contributed by atoms with Crippen LogP contribution in [0.15, 0.2) is 28.1 Å². The van der Waals surface area contributed by atoms with Crippen molar-refractivity contribution in [2.75, 3.05) is 18.0 Å². The number of piperidine rings is 1. The van der Waals surface area contributed by atoms with E-state index in [4.69, 9.17) is 9.40 Å². The number of fused-ring (bicyclic) bond motifs is 3. The third-order valence-electron chi connectivity index (χ3n) is 4.87. The van der Waals surface area contributed by atoms with Crippen molar-refractivity contribution < 1.29 is 9.52 Å². The van der Waals surface area contributed by atoms with Gasteiger partial charge in [0.05, 0.1) is 11.7 Å². The molecule has 3 saturated heterocycles. The van der Waals surface area contributed by atoms with Crippen LogP contribution in [0.5, 0.6) is 0 Å². The molecule has 0 amide bonds. The van der Waals surface area contributed by atoms with Crippen molar-refractivity contribution in [3.63, 3.8) is 0 Å². The maximum absolute atomic E-state index is 10.1. The number of hydrogen-bond acceptors (Lipinski definition) is 7. The van der Waals surface area contributed by atoms with Crippen molar-refractivity contribution in [1.82, 2.24) is 15.3 Å². The number of benzene rings is 1. The fourth-order valence-corrected chi connectivity index (χ4v) is 4.34. The Morgan fingerprint density at radius 1 is 1.38 bits per heavy atom. The first-order chi connectivity index (χ1) is 11.7. The van der Waals surface area contributed by atoms with Gasteiger partial charge in [0.2, 0.25) is 0 Å². The minimum absolute atomic E-state index is 0.536. The number of thiazole rings is 1. The zero-order valence-corrected chi connectivity index (χ0v) is 14.1. The van der Waals surface area contributed by atoms with E-state index >= 15 is 0 Å². The normalized spacial score (nSPS) is 24.2. The van der Waals surface area contributed by atoms with Gasteiger partial charge in [-0.05, 0) is 19.4 Å². The van der Waals surface area contributed by atoms with E-state index in [0.717, 1.165) is 34.7 Å². The molecule has 7 heteroatoms. The summed E-state index contributed by atoms with van der Waals surface area (Å²) in [6.45, 7) is 3.59. The minimum Gasteiger partial charge on any atom is -0.423 e. The summed E-state index contributed by atoms with van der Waals surface area (Å²) in [5.74, 6) is 0. The van der Waals surface area contributed by atoms with Gasteiger partial charge in [0.1, 0.15) is 10.5 Å². The van der Waals surface area contributed by atoms with Crippen LogP contribution in [0.3, 0.4) is 0 Å². The van der Waals surface area contributed by atoms with Gasteiger partial charge in [-0.3, -0.25) is 0 Å². The molecule has 0 aliphatic carbocycles. The molecule has 3 aliphatic heterocycles. The van der Waals surface area contributed by atoms with E-state index < -0.39 is 6.10 Å². The lowest BCUT2D eigenvalue weighted by Gasteiger charge is -2.47. The molecule has 3 aliphatic rings. The third kappa shape index (κ3) is 2.16. The van der Waals surface area contributed by atoms with Crippen LogP contribution in [-0.2, 0) is 0 Å². The van der Waals surface area contributed by atoms with E-state index in [1.54, 1.807) is 24.5 Å². The second kappa shape index (κ2) is 5.27. The number of aromatic nitrogens is 2. The summed E-state index contributed by atoms with van der Waals surface area (Å²) in [6.07, 6.45) is 2.43. The quantitative estimate of drug-likeness (QED) is 0.762. The molecule has 24 heavy (non-hydrogen) atoms. The molecule has 3 fully saturated rings. The molecule has 0 saturated carbocycles. The number of hydrogen-bond donors (Lipinski definition) is 2. The largest absolute Gasteiger partial charge is 0.423 e. The van der Waals surface area contributed by atoms with E-state index in [0.29, 0.717) is 23.7 Å². The van der Waals surface area contributed by atoms with Gasteiger partial charge in [-0.15, -0.1) is 11.3 Å². The molecule has 0 radical (unpaired) electrons. The second-order valence-corrected chi connectivity index (χ2v) is 7.49. The van der Waals surface area contributed by atoms with Crippen molar-refractivity contribution in [3.05, 3.63) is 29.3 Å². The number of anilines is 1. The predicted octanol–water partition coefficient (Wildman–Crippen LogP) is 2.56. The topological polar surface area (TPSA) is 74.4 Å². The summed E-state index contributed by atoms with van der Waals surface area (Å²) >= 11 is 1.57. The van der Waals surface area contributed by atoms with E-state index in [1.807, 2.05) is 17.5 Å². The van der Waals surface area contributed by atoms with Crippen LogP contribution < -0.4 is 10.2 Å². The zero-order chi connectivity index (χ0) is 16.3. The molecule has 2 aromatic heterocycles. The first kappa shape index (κ1) is 14.4. The highest BCUT2D eigenvalue weighted by Crippen LogP contribution is 2.37. The summed E-state index contributed by atoms with van der Waals surface area (Å²) in [6, 6.07) is 5.60. The molecule has 1 aromatic carbocycles. The Hall–Kier alpha value is -1.96. The van der Waals surface area contributed by atoms with Gasteiger partial charge in [-0.1, -0.05) is 6.07 Å². The van der Waals surface area contributed by atoms with Crippen molar-refractivity contribution in [1.29, 1.82) is 0 Å². The standard InChI is InChI=1S/C17H18N4O2S/c1-9(22)12-2-3-13(16-18-4-5-24-16)15-14(12)20-17(23-15)21-7-10-6-11(8-21)19-10/h2-5,9-11,19,22H,6-8H2,1H3. The Bertz CT molecular complexity index is 874. The van der Waals surface area contributed by atoms with Crippen LogP contribution in [-0.4, -0.2) is 40.2 Å². The predicted molar refractivity (Wildman–Crippen MR) is 93.3 cm³/mol. The fraction of sp³-hybridized carbons (Fsp3) is 0.412. The Morgan fingerprint density at radius 3 is 2.83 bits per heavy atom. The maximum Gasteiger partial charge on any atom is 0.298 e. The minimum atomic E-state index is -0.591. The van der Waals surface area contributed by atoms with Gasteiger partial charge in [-0.25, -0.2) is 4.98 Å². The molecular formula is C17H18N4O2S. The van der Waals surface area contributed by atoms with Crippen LogP contribution in [0.25, 0.3) is 21.7 Å². The summed E-state index contributed by atoms with van der Waals surface area (Å²) in [7, 11) is 0. The third-order valence-corrected chi connectivity index (χ3v) is 5.68. The lowest BCUT2D eigenvalue weighted by Crippen LogP contribution is -2.67. The van der Waals surface area contributed by atoms with Gasteiger partial charge in [0.15, 0.2) is 5.58 Å². The molecule has 5 heterocycles. The fourth-order valence-electron chi connectivity index (χ4n) is 3.68. The Morgan fingerprint density at radius 2 is 2.17 bits per heavy atom. The summed E-state index contributed by atoms with van der Waals surface area (Å²) in [5, 5.41) is 16.5. The van der Waals surface area contributed by atoms with E-state index in [1.165, 1.54) is 6.42 Å². The van der Waals surface area contributed by atoms with Crippen LogP contribution in [0.1, 0.15) is 25.0 Å². The molecule has 3 atom stereocenters. The van der Waals surface area contributed by atoms with Gasteiger partial charge in [-0.2, -0.15) is 4.98 Å². The average Bonchev–Trinajstić information content (AvgIpc) is 3.23. The average molecular weight is 342 g/mol. The number of rotatable bonds is 3. The lowest BCUT2D eigenvalue weighted by molar-refractivity contribution is 0.200. The van der Waals surface area contributed by atoms with Crippen LogP contribution >= 0.6 is 11.3 Å². The number of oxazole rings is 1. The smallest absolute Gasteiger partial charge is 0.298 e. The SMILES string of the molecule is CC(O)c1ccc(-c2nccs2)c2oc(N3CC4CC(C3)N4)nc12. The van der Waals surface area contributed by atoms with Crippen LogP contribution in [0.4, 0.5) is 6.01 Å². The molecule has 2 bridgehead atoms. The van der Waals surface area contributed by atoms with Crippen LogP contribution in [0.2, 0.25) is 0 Å². The monoisotopic (exact) mass is 342 g/mol. The van der Waals surface area contributed by atoms with Crippen molar-refractivity contribution in [3.8, 4) is 10.6 Å². The van der Waals surface area contributed by atoms with E-state index in [2.05, 4.69) is 15.2 Å². The zero-order valence-electron chi connectivity index (χ0n) is 13.3. The molecule has 2 N–H and O–H groups in total. The highest BCUT2D eigenvalue weighted by atomic mass is 32.1. The van der Waals surface area contributed by atoms with E-state index in [9.17, 15) is 5.11 Å². The Kier molecular flexibility index (Phi) is 3.16. The van der Waals surface area contributed by atoms with Crippen LogP contribution in [0, 0.1) is 0 Å². The van der Waals surface area contributed by atoms with Gasteiger partial charge in [0, 0.05) is 42.3 Å². The van der Waals surface area contributed by atoms with Crippen molar-refractivity contribution in [2.45, 2.75) is 31.5 Å². The molecule has 3 unspecified atom stereocenters. The number of nitrogens with zero attached hydrogens (tertiary/aromatic N) is 3. The molecule has 3 aromatic rings. The summed E-state index contributed by atoms with van der Waals surface area (Å²) in [5.41, 5.74) is 3.18. The molecule has 0 spiro atoms. The highest BCUT2D eigenvalue weighted by Gasteiger charge is 2.38. The molecule has 6 nitrogen and oxygen atoms in total. The Balaban J connectivity index is 1.65. The van der Waals surface area contributed by atoms with Gasteiger partial charge in [0.25, 0.3) is 6.01 Å². The Labute approximate surface area is 143 Å². The first-order valence-electron chi connectivity index (χ1n) is 8.21. The number of piperazine rings is 1.